The summed E-state index contributed by atoms with van der Waals surface area (Å²) in [6, 6.07) is 7.23. The fourth-order valence-electron chi connectivity index (χ4n) is 0.949. The molecule has 0 amide bonds. The van der Waals surface area contributed by atoms with Crippen molar-refractivity contribution in [2.24, 2.45) is 0 Å². The average Bonchev–Trinajstić information content (AvgIpc) is 2.15. The molecular weight excluding hydrogens is 184 g/mol. The lowest BCUT2D eigenvalue weighted by molar-refractivity contribution is 0.296. The number of aliphatic hydroxyl groups excluding tert-OH is 1. The van der Waals surface area contributed by atoms with Gasteiger partial charge in [-0.1, -0.05) is 12.1 Å². The maximum absolute atomic E-state index is 9.03. The molecule has 0 aliphatic carbocycles. The minimum atomic E-state index is 0.266. The van der Waals surface area contributed by atoms with Crippen LogP contribution in [0.1, 0.15) is 12.0 Å². The molecule has 0 saturated heterocycles. The van der Waals surface area contributed by atoms with E-state index < -0.39 is 0 Å². The Kier molecular flexibility index (Phi) is 4.72. The molecule has 0 saturated carbocycles. The van der Waals surface area contributed by atoms with Gasteiger partial charge in [0, 0.05) is 12.4 Å². The SMILES string of the molecule is OCCCSCc1ccc(O)cc1. The van der Waals surface area contributed by atoms with Gasteiger partial charge in [0.2, 0.25) is 0 Å². The maximum atomic E-state index is 9.03. The van der Waals surface area contributed by atoms with Crippen molar-refractivity contribution in [3.05, 3.63) is 29.8 Å². The van der Waals surface area contributed by atoms with Crippen molar-refractivity contribution >= 4 is 11.8 Å². The Morgan fingerprint density at radius 3 is 2.46 bits per heavy atom. The normalized spacial score (nSPS) is 10.2. The van der Waals surface area contributed by atoms with Crippen LogP contribution in [0.25, 0.3) is 0 Å². The Balaban J connectivity index is 2.25. The van der Waals surface area contributed by atoms with Crippen LogP contribution in [0.2, 0.25) is 0 Å². The van der Waals surface area contributed by atoms with E-state index in [0.29, 0.717) is 5.75 Å². The van der Waals surface area contributed by atoms with E-state index in [1.807, 2.05) is 12.1 Å². The van der Waals surface area contributed by atoms with Crippen molar-refractivity contribution in [1.82, 2.24) is 0 Å². The van der Waals surface area contributed by atoms with E-state index >= 15 is 0 Å². The van der Waals surface area contributed by atoms with Gasteiger partial charge in [0.1, 0.15) is 5.75 Å². The van der Waals surface area contributed by atoms with E-state index in [9.17, 15) is 0 Å². The van der Waals surface area contributed by atoms with Crippen LogP contribution in [0.15, 0.2) is 24.3 Å². The first kappa shape index (κ1) is 10.4. The quantitative estimate of drug-likeness (QED) is 0.711. The minimum absolute atomic E-state index is 0.266. The van der Waals surface area contributed by atoms with Crippen molar-refractivity contribution in [3.63, 3.8) is 0 Å². The number of thioether (sulfide) groups is 1. The lowest BCUT2D eigenvalue weighted by Gasteiger charge is -2.00. The van der Waals surface area contributed by atoms with Crippen LogP contribution < -0.4 is 0 Å². The summed E-state index contributed by atoms with van der Waals surface area (Å²) in [7, 11) is 0. The molecule has 0 aliphatic rings. The van der Waals surface area contributed by atoms with E-state index in [4.69, 9.17) is 10.2 Å². The molecule has 0 radical (unpaired) electrons. The monoisotopic (exact) mass is 198 g/mol. The predicted octanol–water partition coefficient (Wildman–Crippen LogP) is 2.01. The van der Waals surface area contributed by atoms with Gasteiger partial charge >= 0.3 is 0 Å². The number of rotatable bonds is 5. The number of hydrogen-bond acceptors (Lipinski definition) is 3. The van der Waals surface area contributed by atoms with Gasteiger partial charge in [-0.15, -0.1) is 0 Å². The summed E-state index contributed by atoms with van der Waals surface area (Å²) in [4.78, 5) is 0. The Morgan fingerprint density at radius 2 is 1.85 bits per heavy atom. The molecule has 0 aromatic heterocycles. The van der Waals surface area contributed by atoms with Gasteiger partial charge in [0.05, 0.1) is 0 Å². The molecule has 0 heterocycles. The van der Waals surface area contributed by atoms with Gasteiger partial charge in [-0.3, -0.25) is 0 Å². The van der Waals surface area contributed by atoms with E-state index in [-0.39, 0.29) is 6.61 Å². The van der Waals surface area contributed by atoms with Crippen LogP contribution in [0.4, 0.5) is 0 Å². The van der Waals surface area contributed by atoms with Gasteiger partial charge in [0.15, 0.2) is 0 Å². The Bertz CT molecular complexity index is 233. The summed E-state index contributed by atoms with van der Waals surface area (Å²) >= 11 is 1.80. The van der Waals surface area contributed by atoms with Crippen LogP contribution in [-0.2, 0) is 5.75 Å². The molecule has 0 spiro atoms. The second kappa shape index (κ2) is 5.89. The molecule has 1 aromatic rings. The third-order valence-corrected chi connectivity index (χ3v) is 2.77. The first-order valence-electron chi connectivity index (χ1n) is 4.29. The molecule has 3 heteroatoms. The summed E-state index contributed by atoms with van der Waals surface area (Å²) in [5.74, 6) is 2.24. The lowest BCUT2D eigenvalue weighted by atomic mass is 10.2. The number of benzene rings is 1. The zero-order valence-electron chi connectivity index (χ0n) is 7.44. The molecule has 0 atom stereocenters. The number of aromatic hydroxyl groups is 1. The highest BCUT2D eigenvalue weighted by atomic mass is 32.2. The second-order valence-corrected chi connectivity index (χ2v) is 3.90. The molecule has 72 valence electrons. The summed E-state index contributed by atoms with van der Waals surface area (Å²) in [6.07, 6.45) is 0.850. The molecule has 0 aliphatic heterocycles. The first-order valence-corrected chi connectivity index (χ1v) is 5.45. The summed E-state index contributed by atoms with van der Waals surface area (Å²) in [5.41, 5.74) is 1.21. The highest BCUT2D eigenvalue weighted by Crippen LogP contribution is 2.15. The standard InChI is InChI=1S/C10H14O2S/c11-6-1-7-13-8-9-2-4-10(12)5-3-9/h2-5,11-12H,1,6-8H2. The van der Waals surface area contributed by atoms with E-state index in [2.05, 4.69) is 0 Å². The Hall–Kier alpha value is -0.670. The molecule has 1 aromatic carbocycles. The van der Waals surface area contributed by atoms with Crippen molar-refractivity contribution in [2.45, 2.75) is 12.2 Å². The second-order valence-electron chi connectivity index (χ2n) is 2.80. The lowest BCUT2D eigenvalue weighted by Crippen LogP contribution is -1.87. The van der Waals surface area contributed by atoms with Crippen LogP contribution in [0.5, 0.6) is 5.75 Å². The van der Waals surface area contributed by atoms with E-state index in [0.717, 1.165) is 17.9 Å². The number of phenols is 1. The van der Waals surface area contributed by atoms with Gasteiger partial charge in [0.25, 0.3) is 0 Å². The first-order chi connectivity index (χ1) is 6.33. The van der Waals surface area contributed by atoms with Crippen molar-refractivity contribution < 1.29 is 10.2 Å². The van der Waals surface area contributed by atoms with E-state index in [1.165, 1.54) is 5.56 Å². The Morgan fingerprint density at radius 1 is 1.15 bits per heavy atom. The maximum Gasteiger partial charge on any atom is 0.115 e. The molecule has 2 N–H and O–H groups in total. The molecule has 1 rings (SSSR count). The fourth-order valence-corrected chi connectivity index (χ4v) is 1.85. The largest absolute Gasteiger partial charge is 0.508 e. The number of aliphatic hydroxyl groups is 1. The number of phenolic OH excluding ortho intramolecular Hbond substituents is 1. The van der Waals surface area contributed by atoms with Gasteiger partial charge in [-0.05, 0) is 29.9 Å². The van der Waals surface area contributed by atoms with Gasteiger partial charge in [-0.2, -0.15) is 11.8 Å². The molecular formula is C10H14O2S. The van der Waals surface area contributed by atoms with Gasteiger partial charge in [-0.25, -0.2) is 0 Å². The molecule has 0 bridgehead atoms. The predicted molar refractivity (Wildman–Crippen MR) is 56.0 cm³/mol. The molecule has 2 nitrogen and oxygen atoms in total. The smallest absolute Gasteiger partial charge is 0.115 e. The fraction of sp³-hybridized carbons (Fsp3) is 0.400. The summed E-state index contributed by atoms with van der Waals surface area (Å²) < 4.78 is 0. The topological polar surface area (TPSA) is 40.5 Å². The van der Waals surface area contributed by atoms with Crippen LogP contribution >= 0.6 is 11.8 Å². The van der Waals surface area contributed by atoms with Crippen LogP contribution in [0.3, 0.4) is 0 Å². The minimum Gasteiger partial charge on any atom is -0.508 e. The highest BCUT2D eigenvalue weighted by molar-refractivity contribution is 7.98. The molecule has 0 fully saturated rings. The Labute approximate surface area is 82.6 Å². The van der Waals surface area contributed by atoms with Gasteiger partial charge < -0.3 is 10.2 Å². The number of hydrogen-bond donors (Lipinski definition) is 2. The van der Waals surface area contributed by atoms with Crippen molar-refractivity contribution in [1.29, 1.82) is 0 Å². The highest BCUT2D eigenvalue weighted by Gasteiger charge is 1.93. The van der Waals surface area contributed by atoms with Crippen LogP contribution in [-0.4, -0.2) is 22.6 Å². The third kappa shape index (κ3) is 4.20. The molecule has 0 unspecified atom stereocenters. The zero-order valence-corrected chi connectivity index (χ0v) is 8.26. The zero-order chi connectivity index (χ0) is 9.52. The average molecular weight is 198 g/mol. The van der Waals surface area contributed by atoms with Crippen LogP contribution in [0, 0.1) is 0 Å². The third-order valence-electron chi connectivity index (χ3n) is 1.65. The molecule has 13 heavy (non-hydrogen) atoms. The summed E-state index contributed by atoms with van der Waals surface area (Å²) in [5, 5.41) is 17.6. The van der Waals surface area contributed by atoms with Crippen molar-refractivity contribution in [2.75, 3.05) is 12.4 Å². The summed E-state index contributed by atoms with van der Waals surface area (Å²) in [6.45, 7) is 0.266. The van der Waals surface area contributed by atoms with Crippen molar-refractivity contribution in [3.8, 4) is 5.75 Å². The van der Waals surface area contributed by atoms with E-state index in [1.54, 1.807) is 23.9 Å².